The average molecular weight is 605 g/mol. The number of sulfonamides is 1. The first-order valence-corrected chi connectivity index (χ1v) is 15.7. The normalized spacial score (nSPS) is 22.1. The molecular formula is C30H42N3O8S-. The van der Waals surface area contributed by atoms with Crippen LogP contribution < -0.4 is 15.6 Å². The summed E-state index contributed by atoms with van der Waals surface area (Å²) in [6.07, 6.45) is -2.07. The van der Waals surface area contributed by atoms with Gasteiger partial charge in [-0.05, 0) is 61.1 Å². The summed E-state index contributed by atoms with van der Waals surface area (Å²) in [6, 6.07) is 13.6. The number of fused-ring (bicyclic) bond motifs is 1. The van der Waals surface area contributed by atoms with Crippen LogP contribution in [-0.4, -0.2) is 93.3 Å². The zero-order chi connectivity index (χ0) is 30.5. The predicted octanol–water partition coefficient (Wildman–Crippen LogP) is 1.44. The fourth-order valence-corrected chi connectivity index (χ4v) is 7.59. The fraction of sp³-hybridized carbons (Fsp3) is 0.567. The van der Waals surface area contributed by atoms with Crippen LogP contribution in [0.1, 0.15) is 32.3 Å². The van der Waals surface area contributed by atoms with Crippen LogP contribution in [-0.2, 0) is 25.9 Å². The molecule has 0 spiro atoms. The molecule has 1 amide bonds. The second kappa shape index (κ2) is 13.7. The van der Waals surface area contributed by atoms with Crippen LogP contribution in [0, 0.1) is 11.3 Å². The van der Waals surface area contributed by atoms with Crippen molar-refractivity contribution in [2.45, 2.75) is 62.5 Å². The van der Waals surface area contributed by atoms with E-state index in [-0.39, 0.29) is 36.9 Å². The minimum Gasteiger partial charge on any atom is -0.530 e. The van der Waals surface area contributed by atoms with E-state index in [9.17, 15) is 23.4 Å². The molecule has 4 rings (SSSR count). The summed E-state index contributed by atoms with van der Waals surface area (Å²) >= 11 is 0. The van der Waals surface area contributed by atoms with E-state index in [4.69, 9.17) is 19.9 Å². The SMILES string of the molecule is COc1ccc(S(=O)(=O)N(C[C@@H](O)[C@H](Cc2ccccc2)N(C(=O)[O-])[C@H]2CO[C@H]3OCC[C@H]32)CC(C)(C)CCN)cc1. The van der Waals surface area contributed by atoms with Gasteiger partial charge in [0.15, 0.2) is 6.29 Å². The minimum atomic E-state index is -4.11. The predicted molar refractivity (Wildman–Crippen MR) is 154 cm³/mol. The number of carbonyl (C=O) groups excluding carboxylic acids is 1. The lowest BCUT2D eigenvalue weighted by atomic mass is 9.89. The Morgan fingerprint density at radius 3 is 2.48 bits per heavy atom. The molecule has 2 aromatic rings. The second-order valence-electron chi connectivity index (χ2n) is 11.8. The number of carboxylic acid groups (broad SMARTS) is 1. The van der Waals surface area contributed by atoms with Crippen molar-refractivity contribution in [1.82, 2.24) is 9.21 Å². The lowest BCUT2D eigenvalue weighted by Crippen LogP contribution is -2.61. The van der Waals surface area contributed by atoms with Crippen LogP contribution in [0.2, 0.25) is 0 Å². The fourth-order valence-electron chi connectivity index (χ4n) is 5.94. The number of benzene rings is 2. The van der Waals surface area contributed by atoms with Crippen molar-refractivity contribution in [2.75, 3.05) is 40.0 Å². The summed E-state index contributed by atoms with van der Waals surface area (Å²) in [5.41, 5.74) is 6.10. The molecule has 2 aliphatic rings. The second-order valence-corrected chi connectivity index (χ2v) is 13.7. The standard InChI is InChI=1S/C30H43N3O8S/c1-30(2,14-15-31)20-32(42(37,38)23-11-9-22(39-3)10-12-23)18-27(34)25(17-21-7-5-4-6-8-21)33(29(35)36)26-19-41-28-24(26)13-16-40-28/h4-12,24-28,34H,13-20,31H2,1-3H3,(H,35,36)/p-1/t24-,25-,26-,27+,28+/m0/s1. The number of amides is 1. The lowest BCUT2D eigenvalue weighted by Gasteiger charge is -2.43. The first-order chi connectivity index (χ1) is 20.0. The molecule has 2 heterocycles. The smallest absolute Gasteiger partial charge is 0.243 e. The molecule has 0 aliphatic carbocycles. The van der Waals surface area contributed by atoms with E-state index in [1.807, 2.05) is 44.2 Å². The van der Waals surface area contributed by atoms with Gasteiger partial charge in [0.2, 0.25) is 10.0 Å². The number of aliphatic hydroxyl groups is 1. The van der Waals surface area contributed by atoms with Crippen LogP contribution in [0.5, 0.6) is 5.75 Å². The van der Waals surface area contributed by atoms with Crippen molar-refractivity contribution in [1.29, 1.82) is 0 Å². The van der Waals surface area contributed by atoms with Crippen molar-refractivity contribution in [3.8, 4) is 5.75 Å². The number of carbonyl (C=O) groups is 1. The summed E-state index contributed by atoms with van der Waals surface area (Å²) in [6.45, 7) is 4.43. The summed E-state index contributed by atoms with van der Waals surface area (Å²) in [5, 5.41) is 24.6. The van der Waals surface area contributed by atoms with Gasteiger partial charge in [0.1, 0.15) is 11.8 Å². The molecule has 2 fully saturated rings. The van der Waals surface area contributed by atoms with Crippen molar-refractivity contribution >= 4 is 16.1 Å². The van der Waals surface area contributed by atoms with E-state index < -0.39 is 46.0 Å². The molecule has 2 saturated heterocycles. The lowest BCUT2D eigenvalue weighted by molar-refractivity contribution is -0.273. The first-order valence-electron chi connectivity index (χ1n) is 14.3. The Labute approximate surface area is 248 Å². The van der Waals surface area contributed by atoms with Gasteiger partial charge in [-0.25, -0.2) is 8.42 Å². The summed E-state index contributed by atoms with van der Waals surface area (Å²) in [5.74, 6) is 0.292. The van der Waals surface area contributed by atoms with Gasteiger partial charge in [-0.1, -0.05) is 44.2 Å². The third-order valence-electron chi connectivity index (χ3n) is 8.18. The Morgan fingerprint density at radius 1 is 1.17 bits per heavy atom. The van der Waals surface area contributed by atoms with Crippen LogP contribution in [0.3, 0.4) is 0 Å². The highest BCUT2D eigenvalue weighted by atomic mass is 32.2. The number of nitrogens with two attached hydrogens (primary N) is 1. The number of nitrogens with zero attached hydrogens (tertiary/aromatic N) is 2. The molecule has 5 atom stereocenters. The van der Waals surface area contributed by atoms with Crippen molar-refractivity contribution < 1.29 is 37.6 Å². The zero-order valence-electron chi connectivity index (χ0n) is 24.4. The monoisotopic (exact) mass is 604 g/mol. The molecule has 0 radical (unpaired) electrons. The topological polar surface area (TPSA) is 155 Å². The molecule has 0 aromatic heterocycles. The average Bonchev–Trinajstić information content (AvgIpc) is 3.57. The molecule has 12 heteroatoms. The Balaban J connectivity index is 1.70. The highest BCUT2D eigenvalue weighted by Gasteiger charge is 2.47. The van der Waals surface area contributed by atoms with Crippen LogP contribution in [0.25, 0.3) is 0 Å². The largest absolute Gasteiger partial charge is 0.530 e. The Kier molecular flexibility index (Phi) is 10.5. The number of ether oxygens (including phenoxy) is 3. The molecule has 2 aromatic carbocycles. The number of hydrogen-bond acceptors (Lipinski definition) is 9. The van der Waals surface area contributed by atoms with Crippen molar-refractivity contribution in [3.05, 3.63) is 60.2 Å². The zero-order valence-corrected chi connectivity index (χ0v) is 25.2. The Morgan fingerprint density at radius 2 is 1.86 bits per heavy atom. The maximum atomic E-state index is 14.0. The quantitative estimate of drug-likeness (QED) is 0.326. The highest BCUT2D eigenvalue weighted by Crippen LogP contribution is 2.36. The number of rotatable bonds is 14. The minimum absolute atomic E-state index is 0.0329. The number of aliphatic hydroxyl groups excluding tert-OH is 1. The first kappa shape index (κ1) is 32.2. The molecule has 2 aliphatic heterocycles. The Bertz CT molecular complexity index is 1280. The van der Waals surface area contributed by atoms with Crippen LogP contribution in [0.15, 0.2) is 59.5 Å². The van der Waals surface area contributed by atoms with E-state index in [1.54, 1.807) is 12.1 Å². The van der Waals surface area contributed by atoms with E-state index in [1.165, 1.54) is 23.5 Å². The van der Waals surface area contributed by atoms with Crippen molar-refractivity contribution in [3.63, 3.8) is 0 Å². The molecule has 0 saturated carbocycles. The third-order valence-corrected chi connectivity index (χ3v) is 10.0. The molecule has 3 N–H and O–H groups in total. The van der Waals surface area contributed by atoms with E-state index in [2.05, 4.69) is 0 Å². The molecule has 0 bridgehead atoms. The van der Waals surface area contributed by atoms with Gasteiger partial charge in [0, 0.05) is 19.0 Å². The number of hydrogen-bond donors (Lipinski definition) is 2. The summed E-state index contributed by atoms with van der Waals surface area (Å²) in [7, 11) is -2.61. The number of methoxy groups -OCH3 is 1. The van der Waals surface area contributed by atoms with Gasteiger partial charge in [-0.3, -0.25) is 0 Å². The van der Waals surface area contributed by atoms with Crippen LogP contribution >= 0.6 is 0 Å². The van der Waals surface area contributed by atoms with Crippen molar-refractivity contribution in [2.24, 2.45) is 17.1 Å². The summed E-state index contributed by atoms with van der Waals surface area (Å²) < 4.78 is 45.8. The van der Waals surface area contributed by atoms with E-state index in [0.29, 0.717) is 31.7 Å². The summed E-state index contributed by atoms with van der Waals surface area (Å²) in [4.78, 5) is 13.9. The third kappa shape index (κ3) is 7.42. The van der Waals surface area contributed by atoms with E-state index in [0.717, 1.165) is 10.5 Å². The molecule has 0 unspecified atom stereocenters. The van der Waals surface area contributed by atoms with Gasteiger partial charge >= 0.3 is 0 Å². The van der Waals surface area contributed by atoms with Crippen LogP contribution in [0.4, 0.5) is 4.79 Å². The van der Waals surface area contributed by atoms with Gasteiger partial charge < -0.3 is 39.9 Å². The van der Waals surface area contributed by atoms with E-state index >= 15 is 0 Å². The maximum Gasteiger partial charge on any atom is 0.243 e. The maximum absolute atomic E-state index is 14.0. The van der Waals surface area contributed by atoms with Gasteiger partial charge in [-0.15, -0.1) is 0 Å². The molecule has 11 nitrogen and oxygen atoms in total. The molecule has 232 valence electrons. The van der Waals surface area contributed by atoms with Gasteiger partial charge in [-0.2, -0.15) is 4.31 Å². The highest BCUT2D eigenvalue weighted by molar-refractivity contribution is 7.89. The molecular weight excluding hydrogens is 562 g/mol. The Hall–Kier alpha value is -2.74. The van der Waals surface area contributed by atoms with Gasteiger partial charge in [0.05, 0.1) is 43.4 Å². The molecule has 42 heavy (non-hydrogen) atoms. The van der Waals surface area contributed by atoms with Gasteiger partial charge in [0.25, 0.3) is 0 Å².